The van der Waals surface area contributed by atoms with E-state index < -0.39 is 0 Å². The summed E-state index contributed by atoms with van der Waals surface area (Å²) in [6, 6.07) is 25.5. The number of amides is 2. The van der Waals surface area contributed by atoms with Crippen LogP contribution in [0.25, 0.3) is 10.8 Å². The summed E-state index contributed by atoms with van der Waals surface area (Å²) in [7, 11) is 3.01. The Morgan fingerprint density at radius 2 is 1.44 bits per heavy atom. The number of anilines is 2. The van der Waals surface area contributed by atoms with Crippen molar-refractivity contribution in [1.82, 2.24) is 0 Å². The van der Waals surface area contributed by atoms with Crippen molar-refractivity contribution in [3.8, 4) is 17.2 Å². The minimum absolute atomic E-state index is 0.239. The number of carbonyl (C=O) groups excluding carboxylic acids is 2. The SMILES string of the molecule is COc1ccccc1NC(=O)COc1ccc(C(=O)Nc2ccc3ccccc3c2)cc1OC. The van der Waals surface area contributed by atoms with Crippen LogP contribution in [0.4, 0.5) is 11.4 Å². The van der Waals surface area contributed by atoms with Crippen LogP contribution >= 0.6 is 0 Å². The van der Waals surface area contributed by atoms with Gasteiger partial charge in [-0.1, -0.05) is 42.5 Å². The Morgan fingerprint density at radius 1 is 0.706 bits per heavy atom. The van der Waals surface area contributed by atoms with Crippen molar-refractivity contribution >= 4 is 34.0 Å². The highest BCUT2D eigenvalue weighted by Crippen LogP contribution is 2.29. The molecule has 0 atom stereocenters. The first-order chi connectivity index (χ1) is 16.6. The third kappa shape index (κ3) is 5.27. The fourth-order valence-corrected chi connectivity index (χ4v) is 3.48. The van der Waals surface area contributed by atoms with E-state index in [1.807, 2.05) is 48.5 Å². The third-order valence-electron chi connectivity index (χ3n) is 5.17. The predicted molar refractivity (Wildman–Crippen MR) is 132 cm³/mol. The number of fused-ring (bicyclic) bond motifs is 1. The largest absolute Gasteiger partial charge is 0.495 e. The van der Waals surface area contributed by atoms with Gasteiger partial charge in [-0.3, -0.25) is 9.59 Å². The lowest BCUT2D eigenvalue weighted by molar-refractivity contribution is -0.118. The molecule has 0 bridgehead atoms. The van der Waals surface area contributed by atoms with Crippen LogP contribution in [0.5, 0.6) is 17.2 Å². The van der Waals surface area contributed by atoms with Gasteiger partial charge >= 0.3 is 0 Å². The molecule has 0 saturated carbocycles. The van der Waals surface area contributed by atoms with Gasteiger partial charge < -0.3 is 24.8 Å². The Bertz CT molecular complexity index is 1340. The second-order valence-corrected chi connectivity index (χ2v) is 7.42. The molecule has 0 unspecified atom stereocenters. The lowest BCUT2D eigenvalue weighted by Crippen LogP contribution is -2.20. The number of hydrogen-bond acceptors (Lipinski definition) is 5. The van der Waals surface area contributed by atoms with Crippen LogP contribution in [0.1, 0.15) is 10.4 Å². The minimum atomic E-state index is -0.357. The normalized spacial score (nSPS) is 10.4. The van der Waals surface area contributed by atoms with E-state index in [0.29, 0.717) is 34.2 Å². The van der Waals surface area contributed by atoms with Crippen molar-refractivity contribution in [3.05, 3.63) is 90.5 Å². The van der Waals surface area contributed by atoms with Crippen LogP contribution in [0, 0.1) is 0 Å². The molecule has 4 aromatic carbocycles. The summed E-state index contributed by atoms with van der Waals surface area (Å²) in [4.78, 5) is 25.1. The topological polar surface area (TPSA) is 85.9 Å². The van der Waals surface area contributed by atoms with Crippen molar-refractivity contribution in [3.63, 3.8) is 0 Å². The Morgan fingerprint density at radius 3 is 2.24 bits per heavy atom. The molecule has 0 aliphatic heterocycles. The number of rotatable bonds is 8. The summed E-state index contributed by atoms with van der Waals surface area (Å²) >= 11 is 0. The van der Waals surface area contributed by atoms with Crippen LogP contribution < -0.4 is 24.8 Å². The quantitative estimate of drug-likeness (QED) is 0.384. The summed E-state index contributed by atoms with van der Waals surface area (Å²) in [6.07, 6.45) is 0. The molecule has 0 aliphatic carbocycles. The average Bonchev–Trinajstić information content (AvgIpc) is 2.87. The first-order valence-electron chi connectivity index (χ1n) is 10.6. The van der Waals surface area contributed by atoms with E-state index in [4.69, 9.17) is 14.2 Å². The summed E-state index contributed by atoms with van der Waals surface area (Å²) in [5, 5.41) is 7.77. The first kappa shape index (κ1) is 22.7. The summed E-state index contributed by atoms with van der Waals surface area (Å²) in [6.45, 7) is -0.239. The molecular formula is C27H24N2O5. The molecule has 0 saturated heterocycles. The second-order valence-electron chi connectivity index (χ2n) is 7.42. The minimum Gasteiger partial charge on any atom is -0.495 e. The lowest BCUT2D eigenvalue weighted by Gasteiger charge is -2.13. The molecule has 2 amide bonds. The Labute approximate surface area is 197 Å². The highest BCUT2D eigenvalue weighted by Gasteiger charge is 2.14. The van der Waals surface area contributed by atoms with Gasteiger partial charge in [-0.15, -0.1) is 0 Å². The molecule has 0 spiro atoms. The van der Waals surface area contributed by atoms with Gasteiger partial charge in [0, 0.05) is 11.3 Å². The molecule has 4 aromatic rings. The number of nitrogens with one attached hydrogen (secondary N) is 2. The number of carbonyl (C=O) groups is 2. The standard InChI is InChI=1S/C27H24N2O5/c1-32-23-10-6-5-9-22(23)29-26(30)17-34-24-14-12-20(16-25(24)33-2)27(31)28-21-13-11-18-7-3-4-8-19(18)15-21/h3-16H,17H2,1-2H3,(H,28,31)(H,29,30). The van der Waals surface area contributed by atoms with Gasteiger partial charge in [-0.25, -0.2) is 0 Å². The molecule has 2 N–H and O–H groups in total. The average molecular weight is 456 g/mol. The zero-order valence-corrected chi connectivity index (χ0v) is 18.8. The highest BCUT2D eigenvalue weighted by molar-refractivity contribution is 6.05. The summed E-state index contributed by atoms with van der Waals surface area (Å²) < 4.78 is 16.2. The molecule has 34 heavy (non-hydrogen) atoms. The van der Waals surface area contributed by atoms with Crippen molar-refractivity contribution < 1.29 is 23.8 Å². The summed E-state index contributed by atoms with van der Waals surface area (Å²) in [5.41, 5.74) is 1.64. The number of ether oxygens (including phenoxy) is 3. The van der Waals surface area contributed by atoms with Gasteiger partial charge in [-0.2, -0.15) is 0 Å². The highest BCUT2D eigenvalue weighted by atomic mass is 16.5. The number of para-hydroxylation sites is 2. The maximum absolute atomic E-state index is 12.8. The van der Waals surface area contributed by atoms with E-state index in [-0.39, 0.29) is 18.4 Å². The maximum Gasteiger partial charge on any atom is 0.262 e. The molecule has 0 fully saturated rings. The number of hydrogen-bond donors (Lipinski definition) is 2. The Kier molecular flexibility index (Phi) is 6.93. The van der Waals surface area contributed by atoms with E-state index >= 15 is 0 Å². The van der Waals surface area contributed by atoms with E-state index in [1.54, 1.807) is 36.4 Å². The second kappa shape index (κ2) is 10.4. The van der Waals surface area contributed by atoms with Gasteiger partial charge in [0.25, 0.3) is 11.8 Å². The van der Waals surface area contributed by atoms with Gasteiger partial charge in [-0.05, 0) is 53.2 Å². The van der Waals surface area contributed by atoms with E-state index in [0.717, 1.165) is 10.8 Å². The molecule has 0 aromatic heterocycles. The zero-order valence-electron chi connectivity index (χ0n) is 18.8. The van der Waals surface area contributed by atoms with Crippen LogP contribution in [0.3, 0.4) is 0 Å². The van der Waals surface area contributed by atoms with Gasteiger partial charge in [0.2, 0.25) is 0 Å². The van der Waals surface area contributed by atoms with Crippen LogP contribution in [0.2, 0.25) is 0 Å². The molecular weight excluding hydrogens is 432 g/mol. The molecule has 0 radical (unpaired) electrons. The van der Waals surface area contributed by atoms with Crippen LogP contribution in [0.15, 0.2) is 84.9 Å². The van der Waals surface area contributed by atoms with Crippen LogP contribution in [-0.2, 0) is 4.79 Å². The zero-order chi connectivity index (χ0) is 23.9. The van der Waals surface area contributed by atoms with Crippen molar-refractivity contribution in [2.24, 2.45) is 0 Å². The fourth-order valence-electron chi connectivity index (χ4n) is 3.48. The number of benzene rings is 4. The molecule has 0 aliphatic rings. The van der Waals surface area contributed by atoms with Gasteiger partial charge in [0.15, 0.2) is 18.1 Å². The van der Waals surface area contributed by atoms with Crippen molar-refractivity contribution in [2.45, 2.75) is 0 Å². The molecule has 7 nitrogen and oxygen atoms in total. The Hall–Kier alpha value is -4.52. The van der Waals surface area contributed by atoms with Crippen molar-refractivity contribution in [1.29, 1.82) is 0 Å². The van der Waals surface area contributed by atoms with Crippen molar-refractivity contribution in [2.75, 3.05) is 31.5 Å². The predicted octanol–water partition coefficient (Wildman–Crippen LogP) is 5.13. The molecule has 4 rings (SSSR count). The van der Waals surface area contributed by atoms with E-state index in [9.17, 15) is 9.59 Å². The smallest absolute Gasteiger partial charge is 0.262 e. The first-order valence-corrected chi connectivity index (χ1v) is 10.6. The fraction of sp³-hybridized carbons (Fsp3) is 0.111. The molecule has 7 heteroatoms. The van der Waals surface area contributed by atoms with Crippen LogP contribution in [-0.4, -0.2) is 32.6 Å². The van der Waals surface area contributed by atoms with E-state index in [1.165, 1.54) is 14.2 Å². The maximum atomic E-state index is 12.8. The summed E-state index contributed by atoms with van der Waals surface area (Å²) in [5.74, 6) is 0.602. The van der Waals surface area contributed by atoms with Gasteiger partial charge in [0.1, 0.15) is 5.75 Å². The Balaban J connectivity index is 1.41. The van der Waals surface area contributed by atoms with E-state index in [2.05, 4.69) is 10.6 Å². The van der Waals surface area contributed by atoms with Gasteiger partial charge in [0.05, 0.1) is 19.9 Å². The molecule has 172 valence electrons. The lowest BCUT2D eigenvalue weighted by atomic mass is 10.1. The third-order valence-corrected chi connectivity index (χ3v) is 5.17. The molecule has 0 heterocycles. The monoisotopic (exact) mass is 456 g/mol. The number of methoxy groups -OCH3 is 2.